The van der Waals surface area contributed by atoms with Gasteiger partial charge in [0.1, 0.15) is 17.7 Å². The highest BCUT2D eigenvalue weighted by atomic mass is 35.5. The topological polar surface area (TPSA) is 21.3 Å². The molecule has 0 aliphatic carbocycles. The van der Waals surface area contributed by atoms with E-state index in [9.17, 15) is 4.39 Å². The Morgan fingerprint density at radius 1 is 1.62 bits per heavy atom. The van der Waals surface area contributed by atoms with Crippen LogP contribution < -0.4 is 10.1 Å². The average molecular weight is 242 g/mol. The van der Waals surface area contributed by atoms with Crippen molar-refractivity contribution < 1.29 is 9.13 Å². The van der Waals surface area contributed by atoms with Crippen LogP contribution in [0.4, 0.5) is 4.39 Å². The standard InChI is InChI=1S/C12H13ClFNO/c1-3-6-15-8-9(2)16-12-5-4-10(14)7-11(12)13/h1,4-5,7,9,15H,6,8H2,2H3. The quantitative estimate of drug-likeness (QED) is 0.632. The Morgan fingerprint density at radius 3 is 3.00 bits per heavy atom. The molecular weight excluding hydrogens is 229 g/mol. The maximum Gasteiger partial charge on any atom is 0.138 e. The Balaban J connectivity index is 2.50. The van der Waals surface area contributed by atoms with Gasteiger partial charge in [0.25, 0.3) is 0 Å². The number of rotatable bonds is 5. The summed E-state index contributed by atoms with van der Waals surface area (Å²) in [4.78, 5) is 0. The van der Waals surface area contributed by atoms with Gasteiger partial charge in [0.05, 0.1) is 11.6 Å². The van der Waals surface area contributed by atoms with E-state index in [4.69, 9.17) is 22.8 Å². The Bertz CT molecular complexity index is 389. The fourth-order valence-corrected chi connectivity index (χ4v) is 1.39. The largest absolute Gasteiger partial charge is 0.488 e. The van der Waals surface area contributed by atoms with Gasteiger partial charge < -0.3 is 10.1 Å². The Hall–Kier alpha value is -1.24. The smallest absolute Gasteiger partial charge is 0.138 e. The second-order valence-electron chi connectivity index (χ2n) is 3.34. The summed E-state index contributed by atoms with van der Waals surface area (Å²) in [5, 5.41) is 3.28. The molecule has 1 rings (SSSR count). The predicted molar refractivity (Wildman–Crippen MR) is 63.2 cm³/mol. The third-order valence-electron chi connectivity index (χ3n) is 1.88. The maximum atomic E-state index is 12.8. The van der Waals surface area contributed by atoms with Crippen LogP contribution in [0.1, 0.15) is 6.92 Å². The zero-order valence-electron chi connectivity index (χ0n) is 8.97. The summed E-state index contributed by atoms with van der Waals surface area (Å²) in [5.41, 5.74) is 0. The van der Waals surface area contributed by atoms with Crippen LogP contribution in [0.2, 0.25) is 5.02 Å². The van der Waals surface area contributed by atoms with E-state index in [1.54, 1.807) is 0 Å². The molecule has 0 aromatic heterocycles. The van der Waals surface area contributed by atoms with E-state index in [0.717, 1.165) is 0 Å². The van der Waals surface area contributed by atoms with Gasteiger partial charge in [0, 0.05) is 6.54 Å². The van der Waals surface area contributed by atoms with Crippen molar-refractivity contribution in [3.63, 3.8) is 0 Å². The van der Waals surface area contributed by atoms with Crippen molar-refractivity contribution >= 4 is 11.6 Å². The molecule has 0 radical (unpaired) electrons. The minimum atomic E-state index is -0.379. The summed E-state index contributed by atoms with van der Waals surface area (Å²) in [6, 6.07) is 4.04. The van der Waals surface area contributed by atoms with Gasteiger partial charge in [0.15, 0.2) is 0 Å². The SMILES string of the molecule is C#CCNCC(C)Oc1ccc(F)cc1Cl. The summed E-state index contributed by atoms with van der Waals surface area (Å²) < 4.78 is 18.3. The van der Waals surface area contributed by atoms with Gasteiger partial charge in [0.2, 0.25) is 0 Å². The van der Waals surface area contributed by atoms with Crippen LogP contribution in [-0.4, -0.2) is 19.2 Å². The predicted octanol–water partition coefficient (Wildman–Crippen LogP) is 2.47. The molecule has 1 aromatic carbocycles. The fraction of sp³-hybridized carbons (Fsp3) is 0.333. The highest BCUT2D eigenvalue weighted by Gasteiger charge is 2.07. The first-order valence-corrected chi connectivity index (χ1v) is 5.27. The van der Waals surface area contributed by atoms with E-state index < -0.39 is 0 Å². The molecule has 4 heteroatoms. The van der Waals surface area contributed by atoms with Crippen LogP contribution >= 0.6 is 11.6 Å². The van der Waals surface area contributed by atoms with E-state index in [2.05, 4.69) is 11.2 Å². The molecular formula is C12H13ClFNO. The molecule has 1 aromatic rings. The lowest BCUT2D eigenvalue weighted by Crippen LogP contribution is -2.29. The van der Waals surface area contributed by atoms with Gasteiger partial charge in [-0.05, 0) is 25.1 Å². The molecule has 2 nitrogen and oxygen atoms in total. The monoisotopic (exact) mass is 241 g/mol. The molecule has 1 atom stereocenters. The van der Waals surface area contributed by atoms with Gasteiger partial charge >= 0.3 is 0 Å². The number of hydrogen-bond acceptors (Lipinski definition) is 2. The van der Waals surface area contributed by atoms with Crippen molar-refractivity contribution in [2.24, 2.45) is 0 Å². The van der Waals surface area contributed by atoms with Crippen LogP contribution in [0, 0.1) is 18.2 Å². The van der Waals surface area contributed by atoms with Crippen molar-refractivity contribution in [2.75, 3.05) is 13.1 Å². The van der Waals surface area contributed by atoms with Gasteiger partial charge in [-0.1, -0.05) is 17.5 Å². The summed E-state index contributed by atoms with van der Waals surface area (Å²) in [7, 11) is 0. The molecule has 0 saturated carbocycles. The zero-order chi connectivity index (χ0) is 12.0. The lowest BCUT2D eigenvalue weighted by atomic mass is 10.3. The van der Waals surface area contributed by atoms with Crippen LogP contribution in [0.3, 0.4) is 0 Å². The number of terminal acetylenes is 1. The second kappa shape index (κ2) is 6.37. The highest BCUT2D eigenvalue weighted by molar-refractivity contribution is 6.32. The average Bonchev–Trinajstić information content (AvgIpc) is 2.23. The van der Waals surface area contributed by atoms with Crippen molar-refractivity contribution in [3.05, 3.63) is 29.0 Å². The van der Waals surface area contributed by atoms with Crippen LogP contribution in [0.5, 0.6) is 5.75 Å². The number of halogens is 2. The number of hydrogen-bond donors (Lipinski definition) is 1. The fourth-order valence-electron chi connectivity index (χ4n) is 1.18. The Kier molecular flexibility index (Phi) is 5.10. The van der Waals surface area contributed by atoms with E-state index in [1.807, 2.05) is 6.92 Å². The van der Waals surface area contributed by atoms with E-state index in [-0.39, 0.29) is 16.9 Å². The third kappa shape index (κ3) is 4.09. The molecule has 0 saturated heterocycles. The van der Waals surface area contributed by atoms with Gasteiger partial charge in [-0.15, -0.1) is 6.42 Å². The highest BCUT2D eigenvalue weighted by Crippen LogP contribution is 2.25. The van der Waals surface area contributed by atoms with E-state index in [1.165, 1.54) is 18.2 Å². The Morgan fingerprint density at radius 2 is 2.38 bits per heavy atom. The van der Waals surface area contributed by atoms with Crippen molar-refractivity contribution in [1.29, 1.82) is 0 Å². The molecule has 86 valence electrons. The zero-order valence-corrected chi connectivity index (χ0v) is 9.72. The Labute approximate surface area is 99.8 Å². The molecule has 0 fully saturated rings. The van der Waals surface area contributed by atoms with Crippen molar-refractivity contribution in [2.45, 2.75) is 13.0 Å². The third-order valence-corrected chi connectivity index (χ3v) is 2.18. The first-order chi connectivity index (χ1) is 7.63. The molecule has 0 spiro atoms. The molecule has 1 N–H and O–H groups in total. The molecule has 16 heavy (non-hydrogen) atoms. The normalized spacial score (nSPS) is 11.9. The van der Waals surface area contributed by atoms with Crippen LogP contribution in [0.25, 0.3) is 0 Å². The minimum Gasteiger partial charge on any atom is -0.488 e. The molecule has 0 bridgehead atoms. The molecule has 0 amide bonds. The maximum absolute atomic E-state index is 12.8. The first-order valence-electron chi connectivity index (χ1n) is 4.89. The minimum absolute atomic E-state index is 0.0867. The van der Waals surface area contributed by atoms with Gasteiger partial charge in [-0.25, -0.2) is 4.39 Å². The van der Waals surface area contributed by atoms with Crippen molar-refractivity contribution in [3.8, 4) is 18.1 Å². The van der Waals surface area contributed by atoms with Crippen molar-refractivity contribution in [1.82, 2.24) is 5.32 Å². The lowest BCUT2D eigenvalue weighted by molar-refractivity contribution is 0.219. The summed E-state index contributed by atoms with van der Waals surface area (Å²) in [5.74, 6) is 2.55. The molecule has 1 unspecified atom stereocenters. The van der Waals surface area contributed by atoms with Gasteiger partial charge in [-0.3, -0.25) is 0 Å². The van der Waals surface area contributed by atoms with Crippen LogP contribution in [-0.2, 0) is 0 Å². The van der Waals surface area contributed by atoms with E-state index >= 15 is 0 Å². The number of ether oxygens (including phenoxy) is 1. The molecule has 0 aliphatic rings. The van der Waals surface area contributed by atoms with E-state index in [0.29, 0.717) is 18.8 Å². The first kappa shape index (κ1) is 12.8. The molecule has 0 aliphatic heterocycles. The number of nitrogens with one attached hydrogen (secondary N) is 1. The van der Waals surface area contributed by atoms with Gasteiger partial charge in [-0.2, -0.15) is 0 Å². The lowest BCUT2D eigenvalue weighted by Gasteiger charge is -2.15. The van der Waals surface area contributed by atoms with Crippen LogP contribution in [0.15, 0.2) is 18.2 Å². The summed E-state index contributed by atoms with van der Waals surface area (Å²) in [6.07, 6.45) is 5.01. The summed E-state index contributed by atoms with van der Waals surface area (Å²) in [6.45, 7) is 2.98. The summed E-state index contributed by atoms with van der Waals surface area (Å²) >= 11 is 5.82. The molecule has 0 heterocycles. The second-order valence-corrected chi connectivity index (χ2v) is 3.75. The number of benzene rings is 1.